The predicted octanol–water partition coefficient (Wildman–Crippen LogP) is -0.287. The summed E-state index contributed by atoms with van der Waals surface area (Å²) in [4.78, 5) is 0. The molecule has 0 bridgehead atoms. The van der Waals surface area contributed by atoms with E-state index in [1.54, 1.807) is 0 Å². The lowest BCUT2D eigenvalue weighted by molar-refractivity contribution is -0.201. The molecule has 0 aliphatic carbocycles. The summed E-state index contributed by atoms with van der Waals surface area (Å²) in [6.07, 6.45) is -0.390. The SMILES string of the molecule is CO[C@@H]1OC2OCCC2C1O. The van der Waals surface area contributed by atoms with Crippen LogP contribution in [0.25, 0.3) is 0 Å². The molecule has 0 aromatic rings. The smallest absolute Gasteiger partial charge is 0.186 e. The standard InChI is InChI=1S/C7H12O4/c1-9-7-5(8)4-2-3-10-6(4)11-7/h4-8H,2-3H2,1H3/t4?,5?,6?,7-/m1/s1. The lowest BCUT2D eigenvalue weighted by atomic mass is 10.0. The molecule has 2 rings (SSSR count). The molecule has 4 atom stereocenters. The van der Waals surface area contributed by atoms with Crippen LogP contribution in [0, 0.1) is 5.92 Å². The zero-order valence-electron chi connectivity index (χ0n) is 6.40. The first-order valence-corrected chi connectivity index (χ1v) is 3.81. The third-order valence-corrected chi connectivity index (χ3v) is 2.30. The summed E-state index contributed by atoms with van der Waals surface area (Å²) < 4.78 is 15.4. The van der Waals surface area contributed by atoms with E-state index in [1.165, 1.54) is 7.11 Å². The van der Waals surface area contributed by atoms with Crippen molar-refractivity contribution in [2.75, 3.05) is 13.7 Å². The van der Waals surface area contributed by atoms with Crippen LogP contribution in [-0.4, -0.2) is 37.5 Å². The number of fused-ring (bicyclic) bond motifs is 1. The Morgan fingerprint density at radius 3 is 3.00 bits per heavy atom. The van der Waals surface area contributed by atoms with Crippen molar-refractivity contribution >= 4 is 0 Å². The molecule has 0 amide bonds. The molecule has 2 aliphatic heterocycles. The lowest BCUT2D eigenvalue weighted by Crippen LogP contribution is -2.27. The van der Waals surface area contributed by atoms with Crippen LogP contribution in [0.4, 0.5) is 0 Å². The molecule has 3 unspecified atom stereocenters. The Labute approximate surface area is 65.1 Å². The number of aliphatic hydroxyl groups is 1. The molecular weight excluding hydrogens is 148 g/mol. The minimum absolute atomic E-state index is 0.111. The van der Waals surface area contributed by atoms with Gasteiger partial charge in [0.15, 0.2) is 12.6 Å². The number of rotatable bonds is 1. The number of aliphatic hydroxyl groups excluding tert-OH is 1. The van der Waals surface area contributed by atoms with E-state index in [0.29, 0.717) is 6.61 Å². The Kier molecular flexibility index (Phi) is 1.85. The Morgan fingerprint density at radius 1 is 1.55 bits per heavy atom. The topological polar surface area (TPSA) is 47.9 Å². The van der Waals surface area contributed by atoms with Gasteiger partial charge in [0.25, 0.3) is 0 Å². The zero-order valence-corrected chi connectivity index (χ0v) is 6.40. The van der Waals surface area contributed by atoms with Gasteiger partial charge in [-0.15, -0.1) is 0 Å². The third-order valence-electron chi connectivity index (χ3n) is 2.30. The summed E-state index contributed by atoms with van der Waals surface area (Å²) in [5.74, 6) is 0.111. The third kappa shape index (κ3) is 1.06. The summed E-state index contributed by atoms with van der Waals surface area (Å²) in [5, 5.41) is 9.53. The minimum Gasteiger partial charge on any atom is -0.387 e. The van der Waals surface area contributed by atoms with Crippen molar-refractivity contribution in [1.82, 2.24) is 0 Å². The van der Waals surface area contributed by atoms with Gasteiger partial charge in [-0.2, -0.15) is 0 Å². The molecule has 1 N–H and O–H groups in total. The van der Waals surface area contributed by atoms with Gasteiger partial charge in [0.05, 0.1) is 6.61 Å². The van der Waals surface area contributed by atoms with Gasteiger partial charge in [-0.25, -0.2) is 0 Å². The number of methoxy groups -OCH3 is 1. The average molecular weight is 160 g/mol. The van der Waals surface area contributed by atoms with E-state index in [4.69, 9.17) is 14.2 Å². The fraction of sp³-hybridized carbons (Fsp3) is 1.00. The molecule has 0 radical (unpaired) electrons. The Balaban J connectivity index is 2.04. The molecule has 4 heteroatoms. The largest absolute Gasteiger partial charge is 0.387 e. The van der Waals surface area contributed by atoms with Crippen LogP contribution in [-0.2, 0) is 14.2 Å². The van der Waals surface area contributed by atoms with Gasteiger partial charge in [-0.05, 0) is 6.42 Å². The van der Waals surface area contributed by atoms with Gasteiger partial charge in [-0.3, -0.25) is 0 Å². The monoisotopic (exact) mass is 160 g/mol. The molecule has 2 aliphatic rings. The Morgan fingerprint density at radius 2 is 2.36 bits per heavy atom. The van der Waals surface area contributed by atoms with E-state index in [0.717, 1.165) is 6.42 Å². The maximum Gasteiger partial charge on any atom is 0.186 e. The fourth-order valence-corrected chi connectivity index (χ4v) is 1.66. The number of ether oxygens (including phenoxy) is 3. The maximum absolute atomic E-state index is 9.53. The van der Waals surface area contributed by atoms with Crippen molar-refractivity contribution in [2.24, 2.45) is 5.92 Å². The maximum atomic E-state index is 9.53. The summed E-state index contributed by atoms with van der Waals surface area (Å²) in [6.45, 7) is 0.683. The fourth-order valence-electron chi connectivity index (χ4n) is 1.66. The second-order valence-corrected chi connectivity index (χ2v) is 2.92. The molecule has 0 saturated carbocycles. The summed E-state index contributed by atoms with van der Waals surface area (Å²) in [6, 6.07) is 0. The van der Waals surface area contributed by atoms with Crippen LogP contribution < -0.4 is 0 Å². The van der Waals surface area contributed by atoms with Crippen LogP contribution in [0.3, 0.4) is 0 Å². The first kappa shape index (κ1) is 7.49. The van der Waals surface area contributed by atoms with Gasteiger partial charge >= 0.3 is 0 Å². The highest BCUT2D eigenvalue weighted by Crippen LogP contribution is 2.35. The number of hydrogen-bond donors (Lipinski definition) is 1. The van der Waals surface area contributed by atoms with Crippen LogP contribution in [0.15, 0.2) is 0 Å². The van der Waals surface area contributed by atoms with Crippen LogP contribution in [0.2, 0.25) is 0 Å². The number of hydrogen-bond acceptors (Lipinski definition) is 4. The molecular formula is C7H12O4. The molecule has 4 nitrogen and oxygen atoms in total. The van der Waals surface area contributed by atoms with E-state index >= 15 is 0 Å². The van der Waals surface area contributed by atoms with Crippen LogP contribution in [0.5, 0.6) is 0 Å². The summed E-state index contributed by atoms with van der Waals surface area (Å²) in [5.41, 5.74) is 0. The van der Waals surface area contributed by atoms with Crippen LogP contribution in [0.1, 0.15) is 6.42 Å². The van der Waals surface area contributed by atoms with E-state index in [-0.39, 0.29) is 12.2 Å². The van der Waals surface area contributed by atoms with Gasteiger partial charge in [-0.1, -0.05) is 0 Å². The second-order valence-electron chi connectivity index (χ2n) is 2.92. The van der Waals surface area contributed by atoms with Crippen molar-refractivity contribution in [3.05, 3.63) is 0 Å². The molecule has 11 heavy (non-hydrogen) atoms. The first-order chi connectivity index (χ1) is 5.33. The average Bonchev–Trinajstić information content (AvgIpc) is 2.53. The quantitative estimate of drug-likeness (QED) is 0.572. The van der Waals surface area contributed by atoms with Gasteiger partial charge < -0.3 is 19.3 Å². The lowest BCUT2D eigenvalue weighted by Gasteiger charge is -2.13. The van der Waals surface area contributed by atoms with Crippen molar-refractivity contribution in [2.45, 2.75) is 25.1 Å². The van der Waals surface area contributed by atoms with Gasteiger partial charge in [0.2, 0.25) is 0 Å². The highest BCUT2D eigenvalue weighted by atomic mass is 16.8. The second kappa shape index (κ2) is 2.71. The van der Waals surface area contributed by atoms with E-state index in [2.05, 4.69) is 0 Å². The van der Waals surface area contributed by atoms with Crippen molar-refractivity contribution in [3.63, 3.8) is 0 Å². The van der Waals surface area contributed by atoms with Gasteiger partial charge in [0.1, 0.15) is 6.10 Å². The molecule has 2 fully saturated rings. The van der Waals surface area contributed by atoms with Crippen molar-refractivity contribution < 1.29 is 19.3 Å². The van der Waals surface area contributed by atoms with Crippen molar-refractivity contribution in [1.29, 1.82) is 0 Å². The normalized spacial score (nSPS) is 49.6. The van der Waals surface area contributed by atoms with E-state index < -0.39 is 12.4 Å². The van der Waals surface area contributed by atoms with E-state index in [9.17, 15) is 5.11 Å². The molecule has 0 spiro atoms. The first-order valence-electron chi connectivity index (χ1n) is 3.81. The molecule has 0 aromatic heterocycles. The zero-order chi connectivity index (χ0) is 7.84. The Bertz CT molecular complexity index is 149. The summed E-state index contributed by atoms with van der Waals surface area (Å²) in [7, 11) is 1.52. The predicted molar refractivity (Wildman–Crippen MR) is 35.7 cm³/mol. The molecule has 64 valence electrons. The molecule has 2 heterocycles. The Hall–Kier alpha value is -0.160. The highest BCUT2D eigenvalue weighted by molar-refractivity contribution is 4.85. The molecule has 0 aromatic carbocycles. The van der Waals surface area contributed by atoms with Crippen LogP contribution >= 0.6 is 0 Å². The van der Waals surface area contributed by atoms with Crippen molar-refractivity contribution in [3.8, 4) is 0 Å². The molecule has 2 saturated heterocycles. The minimum atomic E-state index is -0.521. The van der Waals surface area contributed by atoms with E-state index in [1.807, 2.05) is 0 Å². The van der Waals surface area contributed by atoms with Gasteiger partial charge in [0, 0.05) is 13.0 Å². The summed E-state index contributed by atoms with van der Waals surface area (Å²) >= 11 is 0. The highest BCUT2D eigenvalue weighted by Gasteiger charge is 2.47.